The first-order valence-electron chi connectivity index (χ1n) is 15.4. The number of hydrogen-bond acceptors (Lipinski definition) is 6. The molecule has 49 heavy (non-hydrogen) atoms. The Balaban J connectivity index is 1.40. The predicted octanol–water partition coefficient (Wildman–Crippen LogP) is 8.02. The van der Waals surface area contributed by atoms with E-state index in [0.717, 1.165) is 29.0 Å². The Kier molecular flexibility index (Phi) is 9.79. The van der Waals surface area contributed by atoms with Crippen LogP contribution in [-0.4, -0.2) is 17.1 Å². The monoisotopic (exact) mass is 892 g/mol. The molecule has 1 aromatic heterocycles. The van der Waals surface area contributed by atoms with Crippen molar-refractivity contribution in [2.24, 2.45) is 4.99 Å². The Labute approximate surface area is 312 Å². The van der Waals surface area contributed by atoms with E-state index in [9.17, 15) is 14.0 Å². The lowest BCUT2D eigenvalue weighted by Gasteiger charge is -2.25. The van der Waals surface area contributed by atoms with Gasteiger partial charge in [0, 0.05) is 14.7 Å². The molecule has 6 aromatic rings. The number of carbonyl (C=O) groups is 1. The molecule has 0 amide bonds. The quantitative estimate of drug-likeness (QED) is 0.115. The second-order valence-corrected chi connectivity index (χ2v) is 14.6. The third-order valence-corrected chi connectivity index (χ3v) is 10.5. The summed E-state index contributed by atoms with van der Waals surface area (Å²) in [6, 6.07) is 32.6. The summed E-state index contributed by atoms with van der Waals surface area (Å²) in [6.45, 7) is 2.21. The second kappa shape index (κ2) is 14.4. The van der Waals surface area contributed by atoms with Crippen LogP contribution in [0, 0.1) is 13.0 Å². The third kappa shape index (κ3) is 6.73. The number of esters is 1. The van der Waals surface area contributed by atoms with Crippen molar-refractivity contribution in [3.63, 3.8) is 0 Å². The van der Waals surface area contributed by atoms with Gasteiger partial charge in [-0.2, -0.15) is 0 Å². The fourth-order valence-electron chi connectivity index (χ4n) is 5.95. The molecule has 0 saturated heterocycles. The fraction of sp³-hybridized carbons (Fsp3) is 0.103. The summed E-state index contributed by atoms with van der Waals surface area (Å²) >= 11 is 5.75. The van der Waals surface area contributed by atoms with Gasteiger partial charge >= 0.3 is 5.97 Å². The lowest BCUT2D eigenvalue weighted by molar-refractivity contribution is -0.138. The van der Waals surface area contributed by atoms with Crippen LogP contribution < -0.4 is 19.6 Å². The van der Waals surface area contributed by atoms with Gasteiger partial charge in [-0.15, -0.1) is 0 Å². The van der Waals surface area contributed by atoms with Crippen molar-refractivity contribution in [3.05, 3.63) is 170 Å². The zero-order valence-electron chi connectivity index (χ0n) is 26.0. The van der Waals surface area contributed by atoms with Crippen LogP contribution in [0.1, 0.15) is 35.2 Å². The normalized spacial score (nSPS) is 14.4. The summed E-state index contributed by atoms with van der Waals surface area (Å²) in [5.41, 5.74) is 3.34. The number of ether oxygens (including phenoxy) is 2. The van der Waals surface area contributed by atoms with Crippen molar-refractivity contribution >= 4 is 85.0 Å². The number of fused-ring (bicyclic) bond motifs is 2. The SMILES string of the molecule is CCOC(=O)C1=C(c2ccccc2)N=c2s/c(=C\c3cc(I)cc(I)c3OCc3cccc4ccccc34)c(=O)n2[C@@H]1c1ccc(F)cc1. The number of rotatable bonds is 8. The standard InChI is InChI=1S/C39H27FI2N2O4S/c1-2-47-38(46)33-34(24-10-4-3-5-11-24)43-39-44(35(33)25-15-17-28(40)18-16-25)37(45)32(49-39)20-27-19-29(41)21-31(42)36(27)48-22-26-13-8-12-23-9-6-7-14-30(23)26/h3-21,35H,2,22H2,1H3/b32-20-/t35-/m1/s1. The van der Waals surface area contributed by atoms with Gasteiger partial charge in [0.15, 0.2) is 4.80 Å². The highest BCUT2D eigenvalue weighted by atomic mass is 127. The zero-order chi connectivity index (χ0) is 34.1. The molecular weight excluding hydrogens is 865 g/mol. The summed E-state index contributed by atoms with van der Waals surface area (Å²) in [6.07, 6.45) is 1.82. The van der Waals surface area contributed by atoms with Crippen molar-refractivity contribution < 1.29 is 18.7 Å². The molecule has 1 aliphatic heterocycles. The van der Waals surface area contributed by atoms with Crippen molar-refractivity contribution in [1.82, 2.24) is 4.57 Å². The van der Waals surface area contributed by atoms with E-state index in [1.54, 1.807) is 19.1 Å². The Morgan fingerprint density at radius 1 is 0.959 bits per heavy atom. The van der Waals surface area contributed by atoms with Crippen LogP contribution in [0.2, 0.25) is 0 Å². The number of thiazole rings is 1. The van der Waals surface area contributed by atoms with E-state index in [2.05, 4.69) is 69.4 Å². The maximum atomic E-state index is 14.4. The summed E-state index contributed by atoms with van der Waals surface area (Å²) in [5, 5.41) is 2.25. The van der Waals surface area contributed by atoms with Crippen molar-refractivity contribution in [2.45, 2.75) is 19.6 Å². The largest absolute Gasteiger partial charge is 0.487 e. The number of benzene rings is 5. The highest BCUT2D eigenvalue weighted by Crippen LogP contribution is 2.36. The summed E-state index contributed by atoms with van der Waals surface area (Å²) < 4.78 is 30.0. The average molecular weight is 893 g/mol. The average Bonchev–Trinajstić information content (AvgIpc) is 3.42. The minimum Gasteiger partial charge on any atom is -0.487 e. The first-order valence-corrected chi connectivity index (χ1v) is 18.4. The highest BCUT2D eigenvalue weighted by Gasteiger charge is 2.35. The van der Waals surface area contributed by atoms with Gasteiger partial charge in [-0.3, -0.25) is 9.36 Å². The lowest BCUT2D eigenvalue weighted by atomic mass is 9.93. The first-order chi connectivity index (χ1) is 23.8. The molecular formula is C39H27FI2N2O4S. The van der Waals surface area contributed by atoms with Crippen LogP contribution in [0.3, 0.4) is 0 Å². The fourth-order valence-corrected chi connectivity index (χ4v) is 8.99. The molecule has 0 bridgehead atoms. The van der Waals surface area contributed by atoms with E-state index in [1.165, 1.54) is 28.0 Å². The minimum absolute atomic E-state index is 0.137. The lowest BCUT2D eigenvalue weighted by Crippen LogP contribution is -2.40. The van der Waals surface area contributed by atoms with Crippen molar-refractivity contribution in [3.8, 4) is 5.75 Å². The number of carbonyl (C=O) groups excluding carboxylic acids is 1. The van der Waals surface area contributed by atoms with Crippen LogP contribution in [0.5, 0.6) is 5.75 Å². The maximum absolute atomic E-state index is 14.4. The van der Waals surface area contributed by atoms with E-state index in [1.807, 2.05) is 66.7 Å². The Morgan fingerprint density at radius 3 is 2.47 bits per heavy atom. The van der Waals surface area contributed by atoms with Crippen LogP contribution in [0.15, 0.2) is 125 Å². The second-order valence-electron chi connectivity index (χ2n) is 11.2. The summed E-state index contributed by atoms with van der Waals surface area (Å²) in [5.74, 6) is -0.359. The molecule has 1 atom stereocenters. The Morgan fingerprint density at radius 2 is 1.69 bits per heavy atom. The third-order valence-electron chi connectivity index (χ3n) is 8.14. The van der Waals surface area contributed by atoms with Crippen molar-refractivity contribution in [2.75, 3.05) is 6.61 Å². The van der Waals surface area contributed by atoms with Gasteiger partial charge in [0.05, 0.1) is 32.0 Å². The van der Waals surface area contributed by atoms with E-state index >= 15 is 0 Å². The number of nitrogens with zero attached hydrogens (tertiary/aromatic N) is 2. The molecule has 6 nitrogen and oxygen atoms in total. The van der Waals surface area contributed by atoms with Crippen LogP contribution in [-0.2, 0) is 16.1 Å². The molecule has 0 spiro atoms. The van der Waals surface area contributed by atoms with E-state index in [-0.39, 0.29) is 17.7 Å². The van der Waals surface area contributed by atoms with Gasteiger partial charge < -0.3 is 9.47 Å². The molecule has 0 unspecified atom stereocenters. The van der Waals surface area contributed by atoms with Gasteiger partial charge in [-0.05, 0) is 104 Å². The molecule has 1 aliphatic rings. The molecule has 0 fully saturated rings. The molecule has 2 heterocycles. The van der Waals surface area contributed by atoms with E-state index in [0.29, 0.717) is 38.5 Å². The molecule has 7 rings (SSSR count). The number of aromatic nitrogens is 1. The molecule has 244 valence electrons. The van der Waals surface area contributed by atoms with Gasteiger partial charge in [0.2, 0.25) is 0 Å². The molecule has 0 radical (unpaired) electrons. The van der Waals surface area contributed by atoms with Gasteiger partial charge in [-0.25, -0.2) is 14.2 Å². The molecule has 0 aliphatic carbocycles. The number of hydrogen-bond donors (Lipinski definition) is 0. The van der Waals surface area contributed by atoms with E-state index < -0.39 is 17.8 Å². The first kappa shape index (κ1) is 33.4. The molecule has 0 saturated carbocycles. The van der Waals surface area contributed by atoms with Gasteiger partial charge in [-0.1, -0.05) is 96.3 Å². The van der Waals surface area contributed by atoms with Crippen LogP contribution >= 0.6 is 56.5 Å². The van der Waals surface area contributed by atoms with Crippen LogP contribution in [0.4, 0.5) is 4.39 Å². The molecule has 10 heteroatoms. The zero-order valence-corrected chi connectivity index (χ0v) is 31.2. The minimum atomic E-state index is -0.897. The summed E-state index contributed by atoms with van der Waals surface area (Å²) in [7, 11) is 0. The van der Waals surface area contributed by atoms with Gasteiger partial charge in [0.1, 0.15) is 18.2 Å². The Hall–Kier alpha value is -4.14. The molecule has 0 N–H and O–H groups in total. The van der Waals surface area contributed by atoms with Crippen LogP contribution in [0.25, 0.3) is 22.5 Å². The van der Waals surface area contributed by atoms with Crippen molar-refractivity contribution in [1.29, 1.82) is 0 Å². The predicted molar refractivity (Wildman–Crippen MR) is 208 cm³/mol. The van der Waals surface area contributed by atoms with E-state index in [4.69, 9.17) is 14.5 Å². The summed E-state index contributed by atoms with van der Waals surface area (Å²) in [4.78, 5) is 33.4. The Bertz CT molecular complexity index is 2440. The smallest absolute Gasteiger partial charge is 0.338 e. The maximum Gasteiger partial charge on any atom is 0.338 e. The highest BCUT2D eigenvalue weighted by molar-refractivity contribution is 14.1. The molecule has 5 aromatic carbocycles. The number of halogens is 3. The van der Waals surface area contributed by atoms with Gasteiger partial charge in [0.25, 0.3) is 5.56 Å². The topological polar surface area (TPSA) is 69.9 Å².